The van der Waals surface area contributed by atoms with Gasteiger partial charge in [0.05, 0.1) is 11.1 Å². The van der Waals surface area contributed by atoms with Crippen molar-refractivity contribution in [2.45, 2.75) is 26.3 Å². The summed E-state index contributed by atoms with van der Waals surface area (Å²) < 4.78 is 0. The molecule has 0 saturated carbocycles. The van der Waals surface area contributed by atoms with Crippen molar-refractivity contribution in [2.24, 2.45) is 0 Å². The Morgan fingerprint density at radius 3 is 1.97 bits per heavy atom. The van der Waals surface area contributed by atoms with Gasteiger partial charge in [-0.2, -0.15) is 0 Å². The number of allylic oxidation sites excluding steroid dienone is 2. The number of carbonyl (C=O) groups excluding carboxylic acids is 4. The van der Waals surface area contributed by atoms with Crippen molar-refractivity contribution in [3.8, 4) is 0 Å². The van der Waals surface area contributed by atoms with Crippen LogP contribution < -0.4 is 9.80 Å². The average molecular weight is 519 g/mol. The second kappa shape index (κ2) is 9.68. The monoisotopic (exact) mass is 518 g/mol. The minimum absolute atomic E-state index is 0.0502. The molecule has 1 spiro atoms. The van der Waals surface area contributed by atoms with Crippen molar-refractivity contribution >= 4 is 40.8 Å². The second-order valence-corrected chi connectivity index (χ2v) is 9.51. The average Bonchev–Trinajstić information content (AvgIpc) is 3.29. The number of aliphatic hydroxyl groups excluding tert-OH is 1. The van der Waals surface area contributed by atoms with E-state index in [9.17, 15) is 24.3 Å². The number of nitrogens with zero attached hydrogens (tertiary/aromatic N) is 2. The van der Waals surface area contributed by atoms with Gasteiger partial charge >= 0.3 is 0 Å². The molecule has 3 aromatic rings. The zero-order valence-electron chi connectivity index (χ0n) is 21.7. The fourth-order valence-electron chi connectivity index (χ4n) is 5.40. The summed E-state index contributed by atoms with van der Waals surface area (Å²) in [6, 6.07) is 24.4. The Morgan fingerprint density at radius 2 is 1.38 bits per heavy atom. The number of aliphatic hydroxyl groups is 1. The topological polar surface area (TPSA) is 95.0 Å². The van der Waals surface area contributed by atoms with Crippen LogP contribution in [0.25, 0.3) is 6.08 Å². The van der Waals surface area contributed by atoms with Gasteiger partial charge in [-0.25, -0.2) is 0 Å². The van der Waals surface area contributed by atoms with Crippen molar-refractivity contribution in [1.29, 1.82) is 0 Å². The molecule has 39 heavy (non-hydrogen) atoms. The molecule has 1 N–H and O–H groups in total. The highest BCUT2D eigenvalue weighted by molar-refractivity contribution is 6.34. The van der Waals surface area contributed by atoms with Crippen molar-refractivity contribution in [3.63, 3.8) is 0 Å². The zero-order chi connectivity index (χ0) is 27.9. The highest BCUT2D eigenvalue weighted by Crippen LogP contribution is 2.51. The Morgan fingerprint density at radius 1 is 0.795 bits per heavy atom. The maximum Gasteiger partial charge on any atom is 0.295 e. The predicted molar refractivity (Wildman–Crippen MR) is 149 cm³/mol. The number of rotatable bonds is 6. The van der Waals surface area contributed by atoms with E-state index in [0.29, 0.717) is 11.3 Å². The smallest absolute Gasteiger partial charge is 0.295 e. The quantitative estimate of drug-likeness (QED) is 0.459. The molecule has 3 aromatic carbocycles. The molecule has 2 aliphatic heterocycles. The van der Waals surface area contributed by atoms with Crippen molar-refractivity contribution in [3.05, 3.63) is 125 Å². The molecule has 2 heterocycles. The third kappa shape index (κ3) is 3.90. The van der Waals surface area contributed by atoms with Crippen LogP contribution in [-0.4, -0.2) is 34.0 Å². The second-order valence-electron chi connectivity index (χ2n) is 9.51. The van der Waals surface area contributed by atoms with Crippen LogP contribution >= 0.6 is 0 Å². The molecule has 2 aliphatic rings. The van der Waals surface area contributed by atoms with Crippen LogP contribution in [-0.2, 0) is 19.2 Å². The Labute approximate surface area is 226 Å². The summed E-state index contributed by atoms with van der Waals surface area (Å²) in [6.45, 7) is 4.76. The highest BCUT2D eigenvalue weighted by Gasteiger charge is 2.67. The number of para-hydroxylation sites is 1. The van der Waals surface area contributed by atoms with E-state index in [4.69, 9.17) is 0 Å². The molecule has 0 radical (unpaired) electrons. The number of anilines is 2. The van der Waals surface area contributed by atoms with Crippen molar-refractivity contribution < 1.29 is 24.3 Å². The fraction of sp³-hybridized carbons (Fsp3) is 0.125. The molecule has 7 nitrogen and oxygen atoms in total. The molecule has 7 heteroatoms. The Hall–Kier alpha value is -5.04. The number of benzene rings is 3. The van der Waals surface area contributed by atoms with E-state index >= 15 is 0 Å². The van der Waals surface area contributed by atoms with Gasteiger partial charge in [0.1, 0.15) is 0 Å². The molecule has 0 saturated heterocycles. The van der Waals surface area contributed by atoms with Gasteiger partial charge in [0, 0.05) is 17.1 Å². The molecule has 0 aromatic heterocycles. The SMILES string of the molecule is CC(=O)C1=C(C)N(c2ccccc2)C(=O)C12C(C(=O)C=Cc1ccccc1)=C(O)C(=O)N2c1ccc(C)cc1. The van der Waals surface area contributed by atoms with Gasteiger partial charge in [-0.15, -0.1) is 0 Å². The maximum absolute atomic E-state index is 14.6. The first-order chi connectivity index (χ1) is 18.7. The summed E-state index contributed by atoms with van der Waals surface area (Å²) in [7, 11) is 0. The van der Waals surface area contributed by atoms with E-state index in [1.165, 1.54) is 24.0 Å². The molecule has 0 aliphatic carbocycles. The highest BCUT2D eigenvalue weighted by atomic mass is 16.3. The lowest BCUT2D eigenvalue weighted by atomic mass is 9.78. The molecule has 1 atom stereocenters. The molecule has 194 valence electrons. The summed E-state index contributed by atoms with van der Waals surface area (Å²) in [6.07, 6.45) is 2.74. The normalized spacial score (nSPS) is 19.3. The van der Waals surface area contributed by atoms with Crippen LogP contribution in [0.4, 0.5) is 11.4 Å². The lowest BCUT2D eigenvalue weighted by Gasteiger charge is -2.36. The third-order valence-corrected chi connectivity index (χ3v) is 7.04. The zero-order valence-corrected chi connectivity index (χ0v) is 21.7. The minimum atomic E-state index is -2.19. The van der Waals surface area contributed by atoms with Gasteiger partial charge in [0.25, 0.3) is 11.8 Å². The molecule has 5 rings (SSSR count). The molecule has 0 fully saturated rings. The Kier molecular flexibility index (Phi) is 6.36. The number of amides is 2. The first-order valence-electron chi connectivity index (χ1n) is 12.4. The van der Waals surface area contributed by atoms with Gasteiger partial charge in [0.15, 0.2) is 22.9 Å². The fourth-order valence-corrected chi connectivity index (χ4v) is 5.40. The maximum atomic E-state index is 14.6. The molecule has 2 amide bonds. The van der Waals surface area contributed by atoms with Gasteiger partial charge in [-0.3, -0.25) is 29.0 Å². The number of carbonyl (C=O) groups is 4. The number of ketones is 2. The van der Waals surface area contributed by atoms with Gasteiger partial charge in [-0.1, -0.05) is 72.3 Å². The van der Waals surface area contributed by atoms with E-state index in [-0.39, 0.29) is 17.0 Å². The van der Waals surface area contributed by atoms with E-state index in [2.05, 4.69) is 0 Å². The Bertz CT molecular complexity index is 1600. The van der Waals surface area contributed by atoms with E-state index in [0.717, 1.165) is 10.5 Å². The molecule has 1 unspecified atom stereocenters. The summed E-state index contributed by atoms with van der Waals surface area (Å²) in [5.41, 5.74) is -0.0792. The standard InChI is InChI=1S/C32H26N2O5/c1-20-14-17-25(18-15-20)34-30(38)29(37)28(26(36)19-16-23-10-6-4-7-11-23)32(34)27(22(3)35)21(2)33(31(32)39)24-12-8-5-9-13-24/h4-19,37H,1-3H3. The van der Waals surface area contributed by atoms with Crippen molar-refractivity contribution in [1.82, 2.24) is 0 Å². The van der Waals surface area contributed by atoms with Gasteiger partial charge in [-0.05, 0) is 56.7 Å². The molecule has 0 bridgehead atoms. The molecular formula is C32H26N2O5. The third-order valence-electron chi connectivity index (χ3n) is 7.04. The van der Waals surface area contributed by atoms with Crippen molar-refractivity contribution in [2.75, 3.05) is 9.80 Å². The van der Waals surface area contributed by atoms with Crippen LogP contribution in [0.15, 0.2) is 114 Å². The van der Waals surface area contributed by atoms with Gasteiger partial charge < -0.3 is 5.11 Å². The Balaban J connectivity index is 1.79. The van der Waals surface area contributed by atoms with Crippen LogP contribution in [0.2, 0.25) is 0 Å². The first kappa shape index (κ1) is 25.6. The lowest BCUT2D eigenvalue weighted by molar-refractivity contribution is -0.125. The molecular weight excluding hydrogens is 492 g/mol. The van der Waals surface area contributed by atoms with Crippen LogP contribution in [0.3, 0.4) is 0 Å². The number of Topliss-reactive ketones (excluding diaryl/α,β-unsaturated/α-hetero) is 1. The van der Waals surface area contributed by atoms with E-state index < -0.39 is 40.3 Å². The summed E-state index contributed by atoms with van der Waals surface area (Å²) >= 11 is 0. The predicted octanol–water partition coefficient (Wildman–Crippen LogP) is 5.08. The van der Waals surface area contributed by atoms with Crippen LogP contribution in [0, 0.1) is 6.92 Å². The minimum Gasteiger partial charge on any atom is -0.503 e. The summed E-state index contributed by atoms with van der Waals surface area (Å²) in [5.74, 6) is -3.77. The van der Waals surface area contributed by atoms with E-state index in [1.54, 1.807) is 85.8 Å². The number of hydrogen-bond donors (Lipinski definition) is 1. The first-order valence-corrected chi connectivity index (χ1v) is 12.4. The largest absolute Gasteiger partial charge is 0.503 e. The summed E-state index contributed by atoms with van der Waals surface area (Å²) in [4.78, 5) is 57.9. The van der Waals surface area contributed by atoms with E-state index in [1.807, 2.05) is 13.0 Å². The van der Waals surface area contributed by atoms with Crippen LogP contribution in [0.5, 0.6) is 0 Å². The summed E-state index contributed by atoms with van der Waals surface area (Å²) in [5, 5.41) is 11.2. The lowest BCUT2D eigenvalue weighted by Crippen LogP contribution is -2.58. The van der Waals surface area contributed by atoms with Gasteiger partial charge in [0.2, 0.25) is 0 Å². The van der Waals surface area contributed by atoms with Crippen LogP contribution in [0.1, 0.15) is 25.0 Å². The number of aryl methyl sites for hydroxylation is 1. The number of hydrogen-bond acceptors (Lipinski definition) is 5.